The van der Waals surface area contributed by atoms with Crippen LogP contribution in [0.1, 0.15) is 11.1 Å². The van der Waals surface area contributed by atoms with Crippen molar-refractivity contribution >= 4 is 44.9 Å². The van der Waals surface area contributed by atoms with E-state index in [0.29, 0.717) is 27.1 Å². The molecule has 0 unspecified atom stereocenters. The van der Waals surface area contributed by atoms with Crippen LogP contribution in [0, 0.1) is 25.5 Å². The zero-order valence-corrected chi connectivity index (χ0v) is 18.2. The number of halogens is 2. The fourth-order valence-electron chi connectivity index (χ4n) is 3.16. The third kappa shape index (κ3) is 4.38. The smallest absolute Gasteiger partial charge is 0.276 e. The first-order chi connectivity index (χ1) is 14.8. The Morgan fingerprint density at radius 3 is 2.71 bits per heavy atom. The lowest BCUT2D eigenvalue weighted by Gasteiger charge is -2.14. The van der Waals surface area contributed by atoms with Crippen molar-refractivity contribution in [3.05, 3.63) is 81.0 Å². The summed E-state index contributed by atoms with van der Waals surface area (Å²) in [5.74, 6) is -2.19. The molecule has 0 bridgehead atoms. The molecular formula is C22H17F2N3O2S2. The van der Waals surface area contributed by atoms with Crippen LogP contribution >= 0.6 is 23.1 Å². The number of aryl methyl sites for hydroxylation is 2. The average Bonchev–Trinajstić information content (AvgIpc) is 3.18. The molecule has 0 aliphatic rings. The maximum absolute atomic E-state index is 13.8. The molecule has 4 rings (SSSR count). The van der Waals surface area contributed by atoms with Gasteiger partial charge in [0.05, 0.1) is 22.6 Å². The van der Waals surface area contributed by atoms with Crippen molar-refractivity contribution in [1.82, 2.24) is 9.55 Å². The molecule has 1 N–H and O–H groups in total. The molecule has 158 valence electrons. The minimum Gasteiger partial charge on any atom is -0.323 e. The summed E-state index contributed by atoms with van der Waals surface area (Å²) in [6, 6.07) is 10.4. The van der Waals surface area contributed by atoms with Gasteiger partial charge in [0, 0.05) is 6.07 Å². The SMILES string of the molecule is Cc1ccc(-n2c(SCC(=O)Nc3ccc(F)cc3F)nc3ccsc3c2=O)c(C)c1. The fourth-order valence-corrected chi connectivity index (χ4v) is 4.73. The first-order valence-corrected chi connectivity index (χ1v) is 11.2. The van der Waals surface area contributed by atoms with Crippen LogP contribution < -0.4 is 10.9 Å². The molecule has 0 spiro atoms. The van der Waals surface area contributed by atoms with E-state index >= 15 is 0 Å². The quantitative estimate of drug-likeness (QED) is 0.336. The van der Waals surface area contributed by atoms with Crippen molar-refractivity contribution in [3.63, 3.8) is 0 Å². The maximum atomic E-state index is 13.8. The van der Waals surface area contributed by atoms with E-state index in [9.17, 15) is 18.4 Å². The van der Waals surface area contributed by atoms with Gasteiger partial charge < -0.3 is 5.32 Å². The van der Waals surface area contributed by atoms with Gasteiger partial charge in [-0.2, -0.15) is 0 Å². The van der Waals surface area contributed by atoms with Gasteiger partial charge in [-0.05, 0) is 49.1 Å². The molecule has 9 heteroatoms. The molecule has 0 aliphatic heterocycles. The molecule has 1 amide bonds. The molecule has 31 heavy (non-hydrogen) atoms. The highest BCUT2D eigenvalue weighted by Crippen LogP contribution is 2.26. The number of hydrogen-bond donors (Lipinski definition) is 1. The van der Waals surface area contributed by atoms with Gasteiger partial charge in [-0.1, -0.05) is 29.5 Å². The highest BCUT2D eigenvalue weighted by atomic mass is 32.2. The number of aromatic nitrogens is 2. The number of benzene rings is 2. The summed E-state index contributed by atoms with van der Waals surface area (Å²) in [5.41, 5.74) is 2.89. The Morgan fingerprint density at radius 2 is 1.97 bits per heavy atom. The molecular weight excluding hydrogens is 440 g/mol. The van der Waals surface area contributed by atoms with Gasteiger partial charge in [0.2, 0.25) is 5.91 Å². The van der Waals surface area contributed by atoms with Gasteiger partial charge in [0.15, 0.2) is 5.16 Å². The van der Waals surface area contributed by atoms with Crippen molar-refractivity contribution in [3.8, 4) is 5.69 Å². The number of fused-ring (bicyclic) bond motifs is 1. The average molecular weight is 458 g/mol. The Morgan fingerprint density at radius 1 is 1.16 bits per heavy atom. The highest BCUT2D eigenvalue weighted by Gasteiger charge is 2.17. The standard InChI is InChI=1S/C22H17F2N3O2S2/c1-12-3-6-18(13(2)9-12)27-21(29)20-17(7-8-30-20)26-22(27)31-11-19(28)25-16-5-4-14(23)10-15(16)24/h3-10H,11H2,1-2H3,(H,25,28). The predicted octanol–water partition coefficient (Wildman–Crippen LogP) is 5.07. The number of thiophene rings is 1. The summed E-state index contributed by atoms with van der Waals surface area (Å²) >= 11 is 2.38. The molecule has 5 nitrogen and oxygen atoms in total. The second-order valence-corrected chi connectivity index (χ2v) is 8.78. The van der Waals surface area contributed by atoms with Crippen molar-refractivity contribution < 1.29 is 13.6 Å². The molecule has 2 heterocycles. The number of amides is 1. The molecule has 2 aromatic heterocycles. The van der Waals surface area contributed by atoms with Crippen LogP contribution in [0.2, 0.25) is 0 Å². The van der Waals surface area contributed by atoms with Crippen LogP contribution in [0.3, 0.4) is 0 Å². The second-order valence-electron chi connectivity index (χ2n) is 6.92. The Balaban J connectivity index is 1.66. The van der Waals surface area contributed by atoms with Crippen LogP contribution in [0.4, 0.5) is 14.5 Å². The fraction of sp³-hybridized carbons (Fsp3) is 0.136. The summed E-state index contributed by atoms with van der Waals surface area (Å²) in [6.07, 6.45) is 0. The summed E-state index contributed by atoms with van der Waals surface area (Å²) in [6.45, 7) is 3.88. The molecule has 0 radical (unpaired) electrons. The summed E-state index contributed by atoms with van der Waals surface area (Å²) in [5, 5.41) is 4.57. The number of anilines is 1. The van der Waals surface area contributed by atoms with Gasteiger partial charge in [-0.25, -0.2) is 13.8 Å². The molecule has 0 fully saturated rings. The lowest BCUT2D eigenvalue weighted by Crippen LogP contribution is -2.23. The second kappa shape index (κ2) is 8.60. The minimum absolute atomic E-state index is 0.107. The number of carbonyl (C=O) groups excluding carboxylic acids is 1. The first-order valence-electron chi connectivity index (χ1n) is 9.29. The number of carbonyl (C=O) groups is 1. The number of hydrogen-bond acceptors (Lipinski definition) is 5. The van der Waals surface area contributed by atoms with E-state index < -0.39 is 17.5 Å². The largest absolute Gasteiger partial charge is 0.323 e. The van der Waals surface area contributed by atoms with E-state index in [1.165, 1.54) is 15.9 Å². The molecule has 0 aliphatic carbocycles. The molecule has 0 saturated carbocycles. The van der Waals surface area contributed by atoms with Crippen LogP contribution in [-0.2, 0) is 4.79 Å². The van der Waals surface area contributed by atoms with Gasteiger partial charge >= 0.3 is 0 Å². The molecule has 2 aromatic carbocycles. The summed E-state index contributed by atoms with van der Waals surface area (Å²) in [4.78, 5) is 30.1. The summed E-state index contributed by atoms with van der Waals surface area (Å²) in [7, 11) is 0. The van der Waals surface area contributed by atoms with Crippen LogP contribution in [0.5, 0.6) is 0 Å². The number of nitrogens with one attached hydrogen (secondary N) is 1. The van der Waals surface area contributed by atoms with E-state index in [2.05, 4.69) is 10.3 Å². The van der Waals surface area contributed by atoms with Gasteiger partial charge in [-0.15, -0.1) is 11.3 Å². The van der Waals surface area contributed by atoms with Crippen molar-refractivity contribution in [1.29, 1.82) is 0 Å². The van der Waals surface area contributed by atoms with Crippen LogP contribution in [-0.4, -0.2) is 21.2 Å². The highest BCUT2D eigenvalue weighted by molar-refractivity contribution is 7.99. The van der Waals surface area contributed by atoms with E-state index in [0.717, 1.165) is 35.0 Å². The lowest BCUT2D eigenvalue weighted by atomic mass is 10.1. The number of thioether (sulfide) groups is 1. The molecule has 0 atom stereocenters. The van der Waals surface area contributed by atoms with Crippen molar-refractivity contribution in [2.75, 3.05) is 11.1 Å². The van der Waals surface area contributed by atoms with E-state index in [-0.39, 0.29) is 17.0 Å². The Kier molecular flexibility index (Phi) is 5.88. The zero-order chi connectivity index (χ0) is 22.1. The zero-order valence-electron chi connectivity index (χ0n) is 16.6. The van der Waals surface area contributed by atoms with Gasteiger partial charge in [0.25, 0.3) is 5.56 Å². The Bertz CT molecular complexity index is 1360. The third-order valence-electron chi connectivity index (χ3n) is 4.58. The molecule has 4 aromatic rings. The lowest BCUT2D eigenvalue weighted by molar-refractivity contribution is -0.113. The van der Waals surface area contributed by atoms with E-state index in [4.69, 9.17) is 0 Å². The van der Waals surface area contributed by atoms with Crippen LogP contribution in [0.25, 0.3) is 15.9 Å². The van der Waals surface area contributed by atoms with Crippen molar-refractivity contribution in [2.45, 2.75) is 19.0 Å². The van der Waals surface area contributed by atoms with E-state index in [1.54, 1.807) is 11.4 Å². The topological polar surface area (TPSA) is 64.0 Å². The first kappa shape index (κ1) is 21.2. The normalized spacial score (nSPS) is 11.1. The Hall–Kier alpha value is -3.04. The Labute approximate surface area is 184 Å². The minimum atomic E-state index is -0.858. The van der Waals surface area contributed by atoms with Crippen LogP contribution in [0.15, 0.2) is 57.8 Å². The number of rotatable bonds is 5. The maximum Gasteiger partial charge on any atom is 0.276 e. The summed E-state index contributed by atoms with van der Waals surface area (Å²) < 4.78 is 28.9. The van der Waals surface area contributed by atoms with Crippen molar-refractivity contribution in [2.24, 2.45) is 0 Å². The van der Waals surface area contributed by atoms with Gasteiger partial charge in [0.1, 0.15) is 16.3 Å². The molecule has 0 saturated heterocycles. The van der Waals surface area contributed by atoms with E-state index in [1.807, 2.05) is 32.0 Å². The predicted molar refractivity (Wildman–Crippen MR) is 120 cm³/mol. The van der Waals surface area contributed by atoms with Gasteiger partial charge in [-0.3, -0.25) is 14.2 Å². The number of nitrogens with zero attached hydrogens (tertiary/aromatic N) is 2. The third-order valence-corrected chi connectivity index (χ3v) is 6.41. The monoisotopic (exact) mass is 457 g/mol.